The lowest BCUT2D eigenvalue weighted by molar-refractivity contribution is 0.202. The van der Waals surface area contributed by atoms with Gasteiger partial charge in [-0.05, 0) is 56.6 Å². The van der Waals surface area contributed by atoms with Crippen molar-refractivity contribution < 1.29 is 17.9 Å². The summed E-state index contributed by atoms with van der Waals surface area (Å²) in [5.74, 6) is 0.455. The molecule has 5 aromatic rings. The van der Waals surface area contributed by atoms with Gasteiger partial charge in [-0.1, -0.05) is 39.0 Å². The SMILES string of the molecule is CC(C)(C)c1ccc(S(=O)(=O)Nc2nc(-c3ncccn3)nc(OCCOc3ncc(Br)cn3)c2-c2cccs2)cc1. The number of aromatic nitrogens is 6. The molecule has 14 heteroatoms. The predicted octanol–water partition coefficient (Wildman–Crippen LogP) is 5.77. The summed E-state index contributed by atoms with van der Waals surface area (Å²) in [4.78, 5) is 26.6. The van der Waals surface area contributed by atoms with Crippen LogP contribution < -0.4 is 14.2 Å². The molecule has 0 aliphatic rings. The van der Waals surface area contributed by atoms with Gasteiger partial charge in [0.15, 0.2) is 11.6 Å². The highest BCUT2D eigenvalue weighted by molar-refractivity contribution is 9.10. The molecule has 0 fully saturated rings. The van der Waals surface area contributed by atoms with E-state index in [0.29, 0.717) is 10.4 Å². The van der Waals surface area contributed by atoms with Gasteiger partial charge in [0.1, 0.15) is 13.2 Å². The molecule has 1 aromatic carbocycles. The molecule has 216 valence electrons. The lowest BCUT2D eigenvalue weighted by Crippen LogP contribution is -2.18. The fourth-order valence-corrected chi connectivity index (χ4v) is 5.72. The Balaban J connectivity index is 1.51. The molecule has 0 saturated heterocycles. The van der Waals surface area contributed by atoms with Crippen LogP contribution in [0.3, 0.4) is 0 Å². The van der Waals surface area contributed by atoms with Gasteiger partial charge in [0.25, 0.3) is 10.0 Å². The van der Waals surface area contributed by atoms with E-state index in [1.165, 1.54) is 11.3 Å². The van der Waals surface area contributed by atoms with Crippen LogP contribution in [0.1, 0.15) is 26.3 Å². The van der Waals surface area contributed by atoms with Gasteiger partial charge in [0.05, 0.1) is 14.9 Å². The first-order valence-corrected chi connectivity index (χ1v) is 15.9. The quantitative estimate of drug-likeness (QED) is 0.182. The van der Waals surface area contributed by atoms with E-state index in [0.717, 1.165) is 10.0 Å². The van der Waals surface area contributed by atoms with Gasteiger partial charge in [-0.2, -0.15) is 4.98 Å². The van der Waals surface area contributed by atoms with E-state index >= 15 is 0 Å². The summed E-state index contributed by atoms with van der Waals surface area (Å²) in [6.07, 6.45) is 6.24. The van der Waals surface area contributed by atoms with Crippen molar-refractivity contribution in [3.8, 4) is 34.0 Å². The number of hydrogen-bond donors (Lipinski definition) is 1. The van der Waals surface area contributed by atoms with Crippen molar-refractivity contribution >= 4 is 43.1 Å². The van der Waals surface area contributed by atoms with Crippen molar-refractivity contribution in [1.29, 1.82) is 0 Å². The van der Waals surface area contributed by atoms with E-state index in [-0.39, 0.29) is 52.9 Å². The van der Waals surface area contributed by atoms with Crippen LogP contribution in [0.2, 0.25) is 0 Å². The second-order valence-corrected chi connectivity index (χ2v) is 13.4. The van der Waals surface area contributed by atoms with E-state index in [4.69, 9.17) is 9.47 Å². The maximum absolute atomic E-state index is 13.6. The van der Waals surface area contributed by atoms with Crippen LogP contribution in [-0.4, -0.2) is 51.5 Å². The van der Waals surface area contributed by atoms with Crippen molar-refractivity contribution in [2.24, 2.45) is 0 Å². The van der Waals surface area contributed by atoms with Gasteiger partial charge >= 0.3 is 6.01 Å². The fourth-order valence-electron chi connectivity index (χ4n) is 3.74. The first-order valence-electron chi connectivity index (χ1n) is 12.7. The molecule has 4 aromatic heterocycles. The number of thiophene rings is 1. The first-order chi connectivity index (χ1) is 20.1. The summed E-state index contributed by atoms with van der Waals surface area (Å²) in [5.41, 5.74) is 1.26. The molecule has 11 nitrogen and oxygen atoms in total. The number of sulfonamides is 1. The Bertz CT molecular complexity index is 1750. The molecule has 5 rings (SSSR count). The third kappa shape index (κ3) is 7.06. The van der Waals surface area contributed by atoms with Gasteiger partial charge in [-0.25, -0.2) is 33.3 Å². The second kappa shape index (κ2) is 12.5. The van der Waals surface area contributed by atoms with Crippen LogP contribution in [0.4, 0.5) is 5.82 Å². The molecule has 1 N–H and O–H groups in total. The normalized spacial score (nSPS) is 11.7. The fraction of sp³-hybridized carbons (Fsp3) is 0.214. The smallest absolute Gasteiger partial charge is 0.316 e. The largest absolute Gasteiger partial charge is 0.473 e. The average Bonchev–Trinajstić information content (AvgIpc) is 3.50. The van der Waals surface area contributed by atoms with E-state index in [9.17, 15) is 8.42 Å². The lowest BCUT2D eigenvalue weighted by atomic mass is 9.87. The number of benzene rings is 1. The number of nitrogens with zero attached hydrogens (tertiary/aromatic N) is 6. The molecular weight excluding hydrogens is 642 g/mol. The Kier molecular flexibility index (Phi) is 8.75. The average molecular weight is 669 g/mol. The second-order valence-electron chi connectivity index (χ2n) is 9.89. The van der Waals surface area contributed by atoms with Gasteiger partial charge in [0.2, 0.25) is 11.7 Å². The zero-order valence-corrected chi connectivity index (χ0v) is 26.1. The number of hydrogen-bond acceptors (Lipinski definition) is 11. The minimum absolute atomic E-state index is 0.0296. The van der Waals surface area contributed by atoms with Crippen LogP contribution in [-0.2, 0) is 15.4 Å². The first kappa shape index (κ1) is 29.5. The maximum atomic E-state index is 13.6. The third-order valence-electron chi connectivity index (χ3n) is 5.82. The molecule has 0 amide bonds. The number of anilines is 1. The highest BCUT2D eigenvalue weighted by Gasteiger charge is 2.25. The van der Waals surface area contributed by atoms with Gasteiger partial charge in [0, 0.05) is 29.7 Å². The summed E-state index contributed by atoms with van der Waals surface area (Å²) >= 11 is 4.67. The summed E-state index contributed by atoms with van der Waals surface area (Å²) in [6.45, 7) is 6.36. The summed E-state index contributed by atoms with van der Waals surface area (Å²) in [7, 11) is -4.05. The molecule has 0 atom stereocenters. The Morgan fingerprint density at radius 3 is 2.21 bits per heavy atom. The molecule has 0 bridgehead atoms. The molecule has 0 saturated carbocycles. The monoisotopic (exact) mass is 667 g/mol. The summed E-state index contributed by atoms with van der Waals surface area (Å²) in [6, 6.07) is 12.3. The Morgan fingerprint density at radius 2 is 1.57 bits per heavy atom. The van der Waals surface area contributed by atoms with Gasteiger partial charge < -0.3 is 9.47 Å². The summed E-state index contributed by atoms with van der Waals surface area (Å²) < 4.78 is 42.2. The minimum Gasteiger partial charge on any atom is -0.473 e. The van der Waals surface area contributed by atoms with Crippen LogP contribution in [0.5, 0.6) is 11.9 Å². The van der Waals surface area contributed by atoms with Crippen LogP contribution >= 0.6 is 27.3 Å². The predicted molar refractivity (Wildman–Crippen MR) is 163 cm³/mol. The number of nitrogens with one attached hydrogen (secondary N) is 1. The zero-order chi connectivity index (χ0) is 29.7. The molecule has 0 aliphatic carbocycles. The lowest BCUT2D eigenvalue weighted by Gasteiger charge is -2.19. The Hall–Kier alpha value is -4.01. The highest BCUT2D eigenvalue weighted by Crippen LogP contribution is 2.39. The van der Waals surface area contributed by atoms with Crippen LogP contribution in [0, 0.1) is 0 Å². The molecule has 42 heavy (non-hydrogen) atoms. The Labute approximate surface area is 255 Å². The molecular formula is C28H26BrN7O4S2. The van der Waals surface area contributed by atoms with E-state index in [2.05, 4.69) is 71.3 Å². The molecule has 0 aliphatic heterocycles. The van der Waals surface area contributed by atoms with Gasteiger partial charge in [-0.15, -0.1) is 11.3 Å². The van der Waals surface area contributed by atoms with Crippen molar-refractivity contribution in [3.05, 3.63) is 82.7 Å². The van der Waals surface area contributed by atoms with E-state index in [1.54, 1.807) is 43.0 Å². The topological polar surface area (TPSA) is 142 Å². The Morgan fingerprint density at radius 1 is 0.881 bits per heavy atom. The molecule has 0 radical (unpaired) electrons. The van der Waals surface area contributed by atoms with Crippen molar-refractivity contribution in [1.82, 2.24) is 29.9 Å². The molecule has 0 spiro atoms. The molecule has 0 unspecified atom stereocenters. The number of rotatable bonds is 10. The molecule has 4 heterocycles. The number of halogens is 1. The third-order valence-corrected chi connectivity index (χ3v) is 8.47. The summed E-state index contributed by atoms with van der Waals surface area (Å²) in [5, 5.41) is 1.87. The van der Waals surface area contributed by atoms with Gasteiger partial charge in [-0.3, -0.25) is 4.72 Å². The van der Waals surface area contributed by atoms with Crippen molar-refractivity contribution in [3.63, 3.8) is 0 Å². The van der Waals surface area contributed by atoms with E-state index in [1.807, 2.05) is 29.6 Å². The van der Waals surface area contributed by atoms with E-state index < -0.39 is 10.0 Å². The zero-order valence-electron chi connectivity index (χ0n) is 22.9. The minimum atomic E-state index is -4.05. The number of ether oxygens (including phenoxy) is 2. The van der Waals surface area contributed by atoms with Crippen molar-refractivity contribution in [2.45, 2.75) is 31.1 Å². The standard InChI is InChI=1S/C28H26BrN7O4S2/c1-28(2,3)18-7-9-20(10-8-18)42(37,38)36-23-22(21-6-4-15-41-21)26(35-25(34-23)24-30-11-5-12-31-24)39-13-14-40-27-32-16-19(29)17-33-27/h4-12,15-17H,13-14H2,1-3H3,(H,34,35,36). The highest BCUT2D eigenvalue weighted by atomic mass is 79.9. The maximum Gasteiger partial charge on any atom is 0.316 e. The van der Waals surface area contributed by atoms with Crippen LogP contribution in [0.25, 0.3) is 22.1 Å². The van der Waals surface area contributed by atoms with Crippen molar-refractivity contribution in [2.75, 3.05) is 17.9 Å². The van der Waals surface area contributed by atoms with Crippen LogP contribution in [0.15, 0.2) is 82.0 Å².